The molecule has 0 aliphatic heterocycles. The van der Waals surface area contributed by atoms with Gasteiger partial charge in [0.25, 0.3) is 0 Å². The summed E-state index contributed by atoms with van der Waals surface area (Å²) in [6.45, 7) is 2.87. The molecule has 6 nitrogen and oxygen atoms in total. The monoisotopic (exact) mass is 446 g/mol. The van der Waals surface area contributed by atoms with Gasteiger partial charge in [-0.25, -0.2) is 13.6 Å². The molecule has 8 heteroatoms. The number of halogens is 1. The highest BCUT2D eigenvalue weighted by Crippen LogP contribution is 2.37. The summed E-state index contributed by atoms with van der Waals surface area (Å²) in [5.74, 6) is 1.02. The molecule has 3 aromatic carbocycles. The van der Waals surface area contributed by atoms with Crippen molar-refractivity contribution < 1.29 is 17.9 Å². The lowest BCUT2D eigenvalue weighted by atomic mass is 10.1. The summed E-state index contributed by atoms with van der Waals surface area (Å²) in [4.78, 5) is 0.0628. The number of sulfonamides is 1. The van der Waals surface area contributed by atoms with Gasteiger partial charge < -0.3 is 14.8 Å². The molecular formula is C22H23ClN2O4S. The maximum absolute atomic E-state index is 11.3. The first kappa shape index (κ1) is 22.0. The van der Waals surface area contributed by atoms with Crippen molar-refractivity contribution in [2.75, 3.05) is 12.4 Å². The van der Waals surface area contributed by atoms with E-state index in [0.717, 1.165) is 16.8 Å². The van der Waals surface area contributed by atoms with E-state index in [4.69, 9.17) is 26.2 Å². The van der Waals surface area contributed by atoms with Crippen LogP contribution in [0.4, 0.5) is 5.69 Å². The molecule has 0 fully saturated rings. The van der Waals surface area contributed by atoms with Gasteiger partial charge in [-0.3, -0.25) is 0 Å². The second-order valence-electron chi connectivity index (χ2n) is 6.81. The van der Waals surface area contributed by atoms with Crippen LogP contribution in [0.3, 0.4) is 0 Å². The molecule has 3 rings (SSSR count). The molecule has 0 atom stereocenters. The number of methoxy groups -OCH3 is 1. The number of nitrogens with one attached hydrogen (secondary N) is 1. The molecule has 30 heavy (non-hydrogen) atoms. The summed E-state index contributed by atoms with van der Waals surface area (Å²) in [7, 11) is -2.15. The Kier molecular flexibility index (Phi) is 6.87. The van der Waals surface area contributed by atoms with Crippen molar-refractivity contribution in [3.63, 3.8) is 0 Å². The summed E-state index contributed by atoms with van der Waals surface area (Å²) in [6, 6.07) is 17.9. The fraction of sp³-hybridized carbons (Fsp3) is 0.182. The number of primary sulfonamides is 1. The van der Waals surface area contributed by atoms with Crippen LogP contribution in [0, 0.1) is 6.92 Å². The summed E-state index contributed by atoms with van der Waals surface area (Å²) in [5, 5.41) is 8.77. The van der Waals surface area contributed by atoms with Gasteiger partial charge in [-0.05, 0) is 54.4 Å². The van der Waals surface area contributed by atoms with Gasteiger partial charge in [-0.15, -0.1) is 0 Å². The maximum atomic E-state index is 11.3. The standard InChI is InChI=1S/C22H23ClN2O4S/c1-15-3-5-16(6-4-15)14-29-22-20(23)11-17(12-21(22)28-2)13-25-18-7-9-19(10-8-18)30(24,26)27/h3-12,25H,13-14H2,1-2H3,(H2,24,26,27). The maximum Gasteiger partial charge on any atom is 0.238 e. The predicted molar refractivity (Wildman–Crippen MR) is 119 cm³/mol. The van der Waals surface area contributed by atoms with Crippen LogP contribution in [0.2, 0.25) is 5.02 Å². The fourth-order valence-electron chi connectivity index (χ4n) is 2.82. The number of benzene rings is 3. The molecule has 0 bridgehead atoms. The average molecular weight is 447 g/mol. The Morgan fingerprint density at radius 2 is 1.67 bits per heavy atom. The van der Waals surface area contributed by atoms with Crippen LogP contribution in [0.15, 0.2) is 65.6 Å². The van der Waals surface area contributed by atoms with Crippen LogP contribution in [-0.4, -0.2) is 15.5 Å². The zero-order chi connectivity index (χ0) is 21.7. The van der Waals surface area contributed by atoms with Crippen molar-refractivity contribution in [2.45, 2.75) is 25.0 Å². The number of ether oxygens (including phenoxy) is 2. The molecule has 3 aromatic rings. The molecule has 0 radical (unpaired) electrons. The van der Waals surface area contributed by atoms with E-state index in [0.29, 0.717) is 29.7 Å². The van der Waals surface area contributed by atoms with Crippen molar-refractivity contribution >= 4 is 27.3 Å². The number of aryl methyl sites for hydroxylation is 1. The van der Waals surface area contributed by atoms with E-state index in [2.05, 4.69) is 5.32 Å². The highest BCUT2D eigenvalue weighted by atomic mass is 35.5. The number of anilines is 1. The van der Waals surface area contributed by atoms with E-state index in [1.165, 1.54) is 17.7 Å². The Labute approximate surface area is 181 Å². The number of hydrogen-bond donors (Lipinski definition) is 2. The molecule has 158 valence electrons. The zero-order valence-electron chi connectivity index (χ0n) is 16.7. The lowest BCUT2D eigenvalue weighted by Gasteiger charge is -2.15. The fourth-order valence-corrected chi connectivity index (χ4v) is 3.63. The Balaban J connectivity index is 1.69. The van der Waals surface area contributed by atoms with Gasteiger partial charge in [0, 0.05) is 12.2 Å². The van der Waals surface area contributed by atoms with Crippen LogP contribution < -0.4 is 19.9 Å². The first-order valence-corrected chi connectivity index (χ1v) is 11.1. The Morgan fingerprint density at radius 1 is 1.00 bits per heavy atom. The highest BCUT2D eigenvalue weighted by Gasteiger charge is 2.13. The van der Waals surface area contributed by atoms with Crippen molar-refractivity contribution in [1.82, 2.24) is 0 Å². The summed E-state index contributed by atoms with van der Waals surface area (Å²) < 4.78 is 34.0. The van der Waals surface area contributed by atoms with Crippen molar-refractivity contribution in [2.24, 2.45) is 5.14 Å². The van der Waals surface area contributed by atoms with E-state index in [9.17, 15) is 8.42 Å². The highest BCUT2D eigenvalue weighted by molar-refractivity contribution is 7.89. The lowest BCUT2D eigenvalue weighted by molar-refractivity contribution is 0.284. The van der Waals surface area contributed by atoms with E-state index in [1.54, 1.807) is 25.3 Å². The second-order valence-corrected chi connectivity index (χ2v) is 8.77. The third kappa shape index (κ3) is 5.66. The summed E-state index contributed by atoms with van der Waals surface area (Å²) in [5.41, 5.74) is 3.85. The molecule has 0 saturated carbocycles. The van der Waals surface area contributed by atoms with E-state index in [-0.39, 0.29) is 4.90 Å². The van der Waals surface area contributed by atoms with Crippen molar-refractivity contribution in [3.8, 4) is 11.5 Å². The van der Waals surface area contributed by atoms with Crippen LogP contribution in [0.25, 0.3) is 0 Å². The van der Waals surface area contributed by atoms with Gasteiger partial charge >= 0.3 is 0 Å². The number of nitrogens with two attached hydrogens (primary N) is 1. The van der Waals surface area contributed by atoms with E-state index >= 15 is 0 Å². The first-order chi connectivity index (χ1) is 14.3. The van der Waals surface area contributed by atoms with Gasteiger partial charge in [-0.1, -0.05) is 41.4 Å². The van der Waals surface area contributed by atoms with Gasteiger partial charge in [-0.2, -0.15) is 0 Å². The zero-order valence-corrected chi connectivity index (χ0v) is 18.3. The Bertz CT molecular complexity index is 1120. The van der Waals surface area contributed by atoms with Crippen LogP contribution in [0.1, 0.15) is 16.7 Å². The minimum atomic E-state index is -3.71. The van der Waals surface area contributed by atoms with Crippen LogP contribution >= 0.6 is 11.6 Å². The molecule has 0 aliphatic rings. The van der Waals surface area contributed by atoms with Crippen LogP contribution in [0.5, 0.6) is 11.5 Å². The summed E-state index contributed by atoms with van der Waals surface area (Å²) in [6.07, 6.45) is 0. The Hall–Kier alpha value is -2.74. The summed E-state index contributed by atoms with van der Waals surface area (Å²) >= 11 is 6.44. The third-order valence-electron chi connectivity index (χ3n) is 4.47. The molecular weight excluding hydrogens is 424 g/mol. The molecule has 3 N–H and O–H groups in total. The minimum Gasteiger partial charge on any atom is -0.493 e. The largest absolute Gasteiger partial charge is 0.493 e. The number of hydrogen-bond acceptors (Lipinski definition) is 5. The van der Waals surface area contributed by atoms with Crippen molar-refractivity contribution in [1.29, 1.82) is 0 Å². The molecule has 0 amide bonds. The van der Waals surface area contributed by atoms with Gasteiger partial charge in [0.15, 0.2) is 11.5 Å². The van der Waals surface area contributed by atoms with Crippen molar-refractivity contribution in [3.05, 3.63) is 82.4 Å². The molecule has 0 saturated heterocycles. The lowest BCUT2D eigenvalue weighted by Crippen LogP contribution is -2.12. The molecule has 0 unspecified atom stereocenters. The van der Waals surface area contributed by atoms with Gasteiger partial charge in [0.2, 0.25) is 10.0 Å². The Morgan fingerprint density at radius 3 is 2.27 bits per heavy atom. The quantitative estimate of drug-likeness (QED) is 0.531. The topological polar surface area (TPSA) is 90.6 Å². The predicted octanol–water partition coefficient (Wildman–Crippen LogP) is 4.50. The van der Waals surface area contributed by atoms with Gasteiger partial charge in [0.1, 0.15) is 6.61 Å². The normalized spacial score (nSPS) is 11.2. The van der Waals surface area contributed by atoms with Gasteiger partial charge in [0.05, 0.1) is 17.0 Å². The van der Waals surface area contributed by atoms with E-state index < -0.39 is 10.0 Å². The molecule has 0 spiro atoms. The SMILES string of the molecule is COc1cc(CNc2ccc(S(N)(=O)=O)cc2)cc(Cl)c1OCc1ccc(C)cc1. The van der Waals surface area contributed by atoms with E-state index in [1.807, 2.05) is 37.3 Å². The molecule has 0 aliphatic carbocycles. The smallest absolute Gasteiger partial charge is 0.238 e. The minimum absolute atomic E-state index is 0.0628. The van der Waals surface area contributed by atoms with Crippen LogP contribution in [-0.2, 0) is 23.2 Å². The average Bonchev–Trinajstić information content (AvgIpc) is 2.72. The third-order valence-corrected chi connectivity index (χ3v) is 5.68. The second kappa shape index (κ2) is 9.38. The first-order valence-electron chi connectivity index (χ1n) is 9.18. The molecule has 0 aromatic heterocycles. The number of rotatable bonds is 8. The molecule has 0 heterocycles.